The maximum atomic E-state index is 2.62. The maximum absolute atomic E-state index is 2.62. The van der Waals surface area contributed by atoms with E-state index in [1.165, 1.54) is 60.9 Å². The van der Waals surface area contributed by atoms with Gasteiger partial charge < -0.3 is 4.90 Å². The highest BCUT2D eigenvalue weighted by atomic mass is 32.2. The van der Waals surface area contributed by atoms with E-state index in [1.807, 2.05) is 11.8 Å². The number of thioether (sulfide) groups is 1. The second-order valence-corrected chi connectivity index (χ2v) is 7.79. The molecule has 3 rings (SSSR count). The van der Waals surface area contributed by atoms with Crippen LogP contribution in [0, 0.1) is 6.92 Å². The van der Waals surface area contributed by atoms with Crippen molar-refractivity contribution in [1.82, 2.24) is 9.80 Å². The van der Waals surface area contributed by atoms with E-state index in [-0.39, 0.29) is 0 Å². The Bertz CT molecular complexity index is 589. The van der Waals surface area contributed by atoms with Crippen LogP contribution in [0.2, 0.25) is 0 Å². The van der Waals surface area contributed by atoms with Crippen LogP contribution in [0.25, 0.3) is 0 Å². The molecule has 0 atom stereocenters. The smallest absolute Gasteiger partial charge is 0.0234 e. The fourth-order valence-electron chi connectivity index (χ4n) is 3.13. The van der Waals surface area contributed by atoms with Crippen LogP contribution >= 0.6 is 11.8 Å². The van der Waals surface area contributed by atoms with E-state index in [4.69, 9.17) is 0 Å². The monoisotopic (exact) mass is 340 g/mol. The Morgan fingerprint density at radius 1 is 0.833 bits per heavy atom. The third kappa shape index (κ3) is 5.66. The molecule has 3 heteroatoms. The lowest BCUT2D eigenvalue weighted by molar-refractivity contribution is 0.127. The Kier molecular flexibility index (Phi) is 6.76. The van der Waals surface area contributed by atoms with E-state index in [0.717, 1.165) is 6.54 Å². The normalized spacial score (nSPS) is 16.4. The Balaban J connectivity index is 1.30. The fourth-order valence-corrected chi connectivity index (χ4v) is 3.96. The third-order valence-corrected chi connectivity index (χ3v) is 5.72. The van der Waals surface area contributed by atoms with E-state index in [2.05, 4.69) is 71.3 Å². The minimum Gasteiger partial charge on any atom is -0.301 e. The SMILES string of the molecule is Cc1ccc(SCCCN2CCN(Cc3ccccc3)CC2)cc1. The number of aryl methyl sites for hydroxylation is 1. The molecule has 0 unspecified atom stereocenters. The number of hydrogen-bond donors (Lipinski definition) is 0. The van der Waals surface area contributed by atoms with Gasteiger partial charge in [0.1, 0.15) is 0 Å². The molecular weight excluding hydrogens is 312 g/mol. The van der Waals surface area contributed by atoms with Gasteiger partial charge in [0.2, 0.25) is 0 Å². The van der Waals surface area contributed by atoms with E-state index >= 15 is 0 Å². The Morgan fingerprint density at radius 2 is 1.50 bits per heavy atom. The third-order valence-electron chi connectivity index (χ3n) is 4.62. The van der Waals surface area contributed by atoms with Crippen molar-refractivity contribution in [2.24, 2.45) is 0 Å². The summed E-state index contributed by atoms with van der Waals surface area (Å²) in [5.41, 5.74) is 2.77. The molecule has 1 saturated heterocycles. The highest BCUT2D eigenvalue weighted by Crippen LogP contribution is 2.19. The van der Waals surface area contributed by atoms with Crippen LogP contribution in [0.3, 0.4) is 0 Å². The van der Waals surface area contributed by atoms with Crippen LogP contribution in [0.15, 0.2) is 59.5 Å². The highest BCUT2D eigenvalue weighted by molar-refractivity contribution is 7.99. The van der Waals surface area contributed by atoms with Gasteiger partial charge in [0.15, 0.2) is 0 Å². The van der Waals surface area contributed by atoms with Crippen molar-refractivity contribution in [1.29, 1.82) is 0 Å². The van der Waals surface area contributed by atoms with Crippen LogP contribution in [0.4, 0.5) is 0 Å². The van der Waals surface area contributed by atoms with E-state index < -0.39 is 0 Å². The summed E-state index contributed by atoms with van der Waals surface area (Å²) in [5, 5.41) is 0. The van der Waals surface area contributed by atoms with E-state index in [9.17, 15) is 0 Å². The number of benzene rings is 2. The Labute approximate surface area is 150 Å². The van der Waals surface area contributed by atoms with Gasteiger partial charge >= 0.3 is 0 Å². The lowest BCUT2D eigenvalue weighted by atomic mass is 10.2. The molecular formula is C21H28N2S. The molecule has 1 heterocycles. The molecule has 1 aliphatic rings. The van der Waals surface area contributed by atoms with Crippen LogP contribution in [-0.4, -0.2) is 48.3 Å². The summed E-state index contributed by atoms with van der Waals surface area (Å²) in [5.74, 6) is 1.22. The first-order valence-corrected chi connectivity index (χ1v) is 9.96. The van der Waals surface area contributed by atoms with Crippen molar-refractivity contribution < 1.29 is 0 Å². The largest absolute Gasteiger partial charge is 0.301 e. The van der Waals surface area contributed by atoms with Gasteiger partial charge in [-0.1, -0.05) is 48.0 Å². The summed E-state index contributed by atoms with van der Waals surface area (Å²) in [7, 11) is 0. The molecule has 2 nitrogen and oxygen atoms in total. The molecule has 2 aromatic rings. The lowest BCUT2D eigenvalue weighted by Crippen LogP contribution is -2.46. The summed E-state index contributed by atoms with van der Waals surface area (Å²) in [6, 6.07) is 19.7. The molecule has 0 aromatic heterocycles. The van der Waals surface area contributed by atoms with Crippen molar-refractivity contribution in [3.05, 3.63) is 65.7 Å². The molecule has 2 aromatic carbocycles. The molecule has 1 fully saturated rings. The fraction of sp³-hybridized carbons (Fsp3) is 0.429. The molecule has 0 N–H and O–H groups in total. The molecule has 0 saturated carbocycles. The van der Waals surface area contributed by atoms with Crippen molar-refractivity contribution in [2.75, 3.05) is 38.5 Å². The average molecular weight is 341 g/mol. The van der Waals surface area contributed by atoms with Gasteiger partial charge in [-0.3, -0.25) is 4.90 Å². The zero-order chi connectivity index (χ0) is 16.6. The van der Waals surface area contributed by atoms with Gasteiger partial charge in [-0.05, 0) is 43.3 Å². The van der Waals surface area contributed by atoms with Gasteiger partial charge in [-0.25, -0.2) is 0 Å². The number of rotatable bonds is 7. The van der Waals surface area contributed by atoms with Crippen LogP contribution in [0.5, 0.6) is 0 Å². The summed E-state index contributed by atoms with van der Waals surface area (Å²) < 4.78 is 0. The van der Waals surface area contributed by atoms with Crippen molar-refractivity contribution in [2.45, 2.75) is 24.8 Å². The molecule has 0 amide bonds. The maximum Gasteiger partial charge on any atom is 0.0234 e. The van der Waals surface area contributed by atoms with Crippen molar-refractivity contribution in [3.8, 4) is 0 Å². The van der Waals surface area contributed by atoms with Crippen LogP contribution in [-0.2, 0) is 6.54 Å². The minimum absolute atomic E-state index is 1.10. The first kappa shape index (κ1) is 17.5. The first-order chi connectivity index (χ1) is 11.8. The summed E-state index contributed by atoms with van der Waals surface area (Å²) in [6.07, 6.45) is 1.28. The summed E-state index contributed by atoms with van der Waals surface area (Å²) in [6.45, 7) is 9.28. The number of nitrogens with zero attached hydrogens (tertiary/aromatic N) is 2. The molecule has 0 aliphatic carbocycles. The Hall–Kier alpha value is -1.29. The quantitative estimate of drug-likeness (QED) is 0.548. The van der Waals surface area contributed by atoms with Gasteiger partial charge in [-0.15, -0.1) is 11.8 Å². The molecule has 0 spiro atoms. The molecule has 128 valence electrons. The molecule has 0 radical (unpaired) electrons. The topological polar surface area (TPSA) is 6.48 Å². The van der Waals surface area contributed by atoms with Crippen LogP contribution < -0.4 is 0 Å². The minimum atomic E-state index is 1.10. The average Bonchev–Trinajstić information content (AvgIpc) is 2.62. The number of hydrogen-bond acceptors (Lipinski definition) is 3. The van der Waals surface area contributed by atoms with Gasteiger partial charge in [0.25, 0.3) is 0 Å². The van der Waals surface area contributed by atoms with Crippen molar-refractivity contribution in [3.63, 3.8) is 0 Å². The second kappa shape index (κ2) is 9.26. The first-order valence-electron chi connectivity index (χ1n) is 8.98. The van der Waals surface area contributed by atoms with E-state index in [0.29, 0.717) is 0 Å². The molecule has 0 bridgehead atoms. The van der Waals surface area contributed by atoms with E-state index in [1.54, 1.807) is 0 Å². The standard InChI is InChI=1S/C21H28N2S/c1-19-8-10-21(11-9-19)24-17-5-12-22-13-15-23(16-14-22)18-20-6-3-2-4-7-20/h2-4,6-11H,5,12-18H2,1H3. The van der Waals surface area contributed by atoms with Crippen LogP contribution in [0.1, 0.15) is 17.5 Å². The molecule has 24 heavy (non-hydrogen) atoms. The second-order valence-electron chi connectivity index (χ2n) is 6.62. The molecule has 1 aliphatic heterocycles. The zero-order valence-corrected chi connectivity index (χ0v) is 15.5. The number of piperazine rings is 1. The highest BCUT2D eigenvalue weighted by Gasteiger charge is 2.16. The van der Waals surface area contributed by atoms with Crippen molar-refractivity contribution >= 4 is 11.8 Å². The predicted molar refractivity (Wildman–Crippen MR) is 105 cm³/mol. The predicted octanol–water partition coefficient (Wildman–Crippen LogP) is 4.30. The van der Waals surface area contributed by atoms with Gasteiger partial charge in [0, 0.05) is 37.6 Å². The Morgan fingerprint density at radius 3 is 2.21 bits per heavy atom. The van der Waals surface area contributed by atoms with Gasteiger partial charge in [0.05, 0.1) is 0 Å². The zero-order valence-electron chi connectivity index (χ0n) is 14.7. The summed E-state index contributed by atoms with van der Waals surface area (Å²) >= 11 is 1.98. The summed E-state index contributed by atoms with van der Waals surface area (Å²) in [4.78, 5) is 6.60. The van der Waals surface area contributed by atoms with Gasteiger partial charge in [-0.2, -0.15) is 0 Å². The lowest BCUT2D eigenvalue weighted by Gasteiger charge is -2.34.